The minimum atomic E-state index is -0.424. The molecule has 0 radical (unpaired) electrons. The molecule has 2 aromatic carbocycles. The van der Waals surface area contributed by atoms with Crippen molar-refractivity contribution in [1.29, 1.82) is 0 Å². The Kier molecular flexibility index (Phi) is 4.07. The molecular weight excluding hydrogens is 308 g/mol. The molecule has 1 aromatic heterocycles. The number of hydrogen-bond acceptors (Lipinski definition) is 5. The topological polar surface area (TPSA) is 111 Å². The number of nitrogens with zero attached hydrogens (tertiary/aromatic N) is 2. The van der Waals surface area contributed by atoms with Crippen LogP contribution in [0.15, 0.2) is 54.9 Å². The third-order valence-corrected chi connectivity index (χ3v) is 3.60. The Balaban J connectivity index is 1.94. The number of nitrogens with one attached hydrogen (secondary N) is 1. The summed E-state index contributed by atoms with van der Waals surface area (Å²) in [5.41, 5.74) is 7.55. The molecule has 1 amide bonds. The van der Waals surface area contributed by atoms with Crippen molar-refractivity contribution in [2.45, 2.75) is 6.42 Å². The van der Waals surface area contributed by atoms with Gasteiger partial charge in [-0.25, -0.2) is 0 Å². The Morgan fingerprint density at radius 3 is 2.54 bits per heavy atom. The number of pyridine rings is 1. The van der Waals surface area contributed by atoms with Crippen LogP contribution in [0.5, 0.6) is 0 Å². The highest BCUT2D eigenvalue weighted by Gasteiger charge is 2.14. The van der Waals surface area contributed by atoms with Gasteiger partial charge in [0.25, 0.3) is 5.69 Å². The Morgan fingerprint density at radius 2 is 1.88 bits per heavy atom. The number of carbonyl (C=O) groups excluding carboxylic acids is 1. The molecule has 120 valence electrons. The number of aromatic nitrogens is 1. The van der Waals surface area contributed by atoms with Crippen molar-refractivity contribution < 1.29 is 9.72 Å². The fourth-order valence-electron chi connectivity index (χ4n) is 2.51. The zero-order chi connectivity index (χ0) is 17.1. The number of anilines is 2. The molecule has 0 atom stereocenters. The summed E-state index contributed by atoms with van der Waals surface area (Å²) in [7, 11) is 0. The molecule has 7 nitrogen and oxygen atoms in total. The predicted octanol–water partition coefficient (Wildman–Crippen LogP) is 2.91. The van der Waals surface area contributed by atoms with Gasteiger partial charge >= 0.3 is 0 Å². The van der Waals surface area contributed by atoms with Crippen molar-refractivity contribution in [3.8, 4) is 0 Å². The van der Waals surface area contributed by atoms with Gasteiger partial charge in [0, 0.05) is 35.2 Å². The lowest BCUT2D eigenvalue weighted by Gasteiger charge is -2.10. The minimum Gasteiger partial charge on any atom is -0.369 e. The monoisotopic (exact) mass is 322 g/mol. The molecule has 0 aliphatic heterocycles. The second-order valence-electron chi connectivity index (χ2n) is 5.28. The maximum absolute atomic E-state index is 11.1. The van der Waals surface area contributed by atoms with Crippen molar-refractivity contribution in [1.82, 2.24) is 4.98 Å². The van der Waals surface area contributed by atoms with Gasteiger partial charge in [0.05, 0.1) is 16.7 Å². The van der Waals surface area contributed by atoms with E-state index in [2.05, 4.69) is 10.3 Å². The molecule has 3 aromatic rings. The summed E-state index contributed by atoms with van der Waals surface area (Å²) in [6.07, 6.45) is 3.26. The fourth-order valence-corrected chi connectivity index (χ4v) is 2.51. The van der Waals surface area contributed by atoms with Crippen molar-refractivity contribution in [2.75, 3.05) is 5.32 Å². The van der Waals surface area contributed by atoms with Gasteiger partial charge in [0.1, 0.15) is 0 Å². The molecule has 3 N–H and O–H groups in total. The molecule has 0 spiro atoms. The quantitative estimate of drug-likeness (QED) is 0.554. The molecule has 3 rings (SSSR count). The molecule has 7 heteroatoms. The van der Waals surface area contributed by atoms with Crippen LogP contribution in [0.25, 0.3) is 10.8 Å². The van der Waals surface area contributed by atoms with E-state index in [0.29, 0.717) is 10.8 Å². The Morgan fingerprint density at radius 1 is 1.12 bits per heavy atom. The number of rotatable bonds is 5. The number of nitro groups is 1. The Bertz CT molecular complexity index is 923. The van der Waals surface area contributed by atoms with E-state index in [9.17, 15) is 14.9 Å². The van der Waals surface area contributed by atoms with Crippen LogP contribution in [-0.2, 0) is 11.2 Å². The molecule has 0 fully saturated rings. The lowest BCUT2D eigenvalue weighted by atomic mass is 10.1. The minimum absolute atomic E-state index is 0.0143. The number of nitro benzene ring substituents is 1. The molecular formula is C17H14N4O3. The number of primary amides is 1. The lowest BCUT2D eigenvalue weighted by Crippen LogP contribution is -2.13. The van der Waals surface area contributed by atoms with Gasteiger partial charge in [-0.3, -0.25) is 19.9 Å². The lowest BCUT2D eigenvalue weighted by molar-refractivity contribution is -0.383. The van der Waals surface area contributed by atoms with Gasteiger partial charge in [0.15, 0.2) is 0 Å². The maximum Gasteiger partial charge on any atom is 0.278 e. The van der Waals surface area contributed by atoms with Crippen molar-refractivity contribution in [2.24, 2.45) is 5.73 Å². The van der Waals surface area contributed by atoms with E-state index in [4.69, 9.17) is 5.73 Å². The first-order chi connectivity index (χ1) is 11.5. The summed E-state index contributed by atoms with van der Waals surface area (Å²) in [6.45, 7) is 0. The summed E-state index contributed by atoms with van der Waals surface area (Å²) in [6, 6.07) is 12.1. The van der Waals surface area contributed by atoms with Gasteiger partial charge < -0.3 is 11.1 Å². The molecule has 0 bridgehead atoms. The van der Waals surface area contributed by atoms with Crippen LogP contribution in [-0.4, -0.2) is 15.8 Å². The smallest absolute Gasteiger partial charge is 0.278 e. The van der Waals surface area contributed by atoms with Gasteiger partial charge in [-0.15, -0.1) is 0 Å². The SMILES string of the molecule is NC(=O)Cc1ccc(Nc2ccc([N+](=O)[O-])c3cnccc23)cc1. The highest BCUT2D eigenvalue weighted by Crippen LogP contribution is 2.32. The third-order valence-electron chi connectivity index (χ3n) is 3.60. The van der Waals surface area contributed by atoms with Gasteiger partial charge in [0.2, 0.25) is 5.91 Å². The number of amides is 1. The highest BCUT2D eigenvalue weighted by molar-refractivity contribution is 6.00. The van der Waals surface area contributed by atoms with E-state index in [-0.39, 0.29) is 18.0 Å². The predicted molar refractivity (Wildman–Crippen MR) is 91.0 cm³/mol. The summed E-state index contributed by atoms with van der Waals surface area (Å²) < 4.78 is 0. The largest absolute Gasteiger partial charge is 0.369 e. The molecule has 0 unspecified atom stereocenters. The first-order valence-electron chi connectivity index (χ1n) is 7.20. The number of fused-ring (bicyclic) bond motifs is 1. The van der Waals surface area contributed by atoms with Gasteiger partial charge in [-0.1, -0.05) is 12.1 Å². The van der Waals surface area contributed by atoms with Gasteiger partial charge in [-0.05, 0) is 29.8 Å². The van der Waals surface area contributed by atoms with E-state index in [1.165, 1.54) is 12.3 Å². The van der Waals surface area contributed by atoms with Crippen molar-refractivity contribution in [3.63, 3.8) is 0 Å². The Labute approximate surface area is 137 Å². The average Bonchev–Trinajstić information content (AvgIpc) is 2.56. The molecule has 0 aliphatic carbocycles. The summed E-state index contributed by atoms with van der Waals surface area (Å²) in [5.74, 6) is -0.385. The number of benzene rings is 2. The first-order valence-corrected chi connectivity index (χ1v) is 7.20. The van der Waals surface area contributed by atoms with Crippen LogP contribution in [0.1, 0.15) is 5.56 Å². The van der Waals surface area contributed by atoms with E-state index < -0.39 is 4.92 Å². The summed E-state index contributed by atoms with van der Waals surface area (Å²) in [4.78, 5) is 25.6. The highest BCUT2D eigenvalue weighted by atomic mass is 16.6. The van der Waals surface area contributed by atoms with E-state index in [1.807, 2.05) is 24.3 Å². The van der Waals surface area contributed by atoms with Crippen LogP contribution < -0.4 is 11.1 Å². The normalized spacial score (nSPS) is 10.5. The fraction of sp³-hybridized carbons (Fsp3) is 0.0588. The zero-order valence-corrected chi connectivity index (χ0v) is 12.6. The average molecular weight is 322 g/mol. The standard InChI is InChI=1S/C17H14N4O3/c18-17(22)9-11-1-3-12(4-2-11)20-15-5-6-16(21(23)24)14-10-19-8-7-13(14)15/h1-8,10,20H,9H2,(H2,18,22). The van der Waals surface area contributed by atoms with Crippen LogP contribution in [0.2, 0.25) is 0 Å². The number of carbonyl (C=O) groups is 1. The molecule has 0 aliphatic rings. The second-order valence-corrected chi connectivity index (χ2v) is 5.28. The van der Waals surface area contributed by atoms with E-state index in [0.717, 1.165) is 16.9 Å². The molecule has 0 saturated carbocycles. The molecule has 1 heterocycles. The molecule has 0 saturated heterocycles. The maximum atomic E-state index is 11.1. The van der Waals surface area contributed by atoms with E-state index >= 15 is 0 Å². The number of non-ortho nitro benzene ring substituents is 1. The summed E-state index contributed by atoms with van der Waals surface area (Å²) in [5, 5.41) is 15.5. The molecule has 24 heavy (non-hydrogen) atoms. The second kappa shape index (κ2) is 6.33. The number of hydrogen-bond donors (Lipinski definition) is 2. The Hall–Kier alpha value is -3.48. The zero-order valence-electron chi connectivity index (χ0n) is 12.6. The van der Waals surface area contributed by atoms with Crippen LogP contribution in [0, 0.1) is 10.1 Å². The third kappa shape index (κ3) is 3.14. The van der Waals surface area contributed by atoms with Gasteiger partial charge in [-0.2, -0.15) is 0 Å². The first kappa shape index (κ1) is 15.4. The van der Waals surface area contributed by atoms with Crippen LogP contribution >= 0.6 is 0 Å². The van der Waals surface area contributed by atoms with Crippen LogP contribution in [0.4, 0.5) is 17.1 Å². The van der Waals surface area contributed by atoms with Crippen molar-refractivity contribution in [3.05, 3.63) is 70.5 Å². The summed E-state index contributed by atoms with van der Waals surface area (Å²) >= 11 is 0. The van der Waals surface area contributed by atoms with E-state index in [1.54, 1.807) is 18.3 Å². The van der Waals surface area contributed by atoms with Crippen molar-refractivity contribution >= 4 is 33.7 Å². The van der Waals surface area contributed by atoms with Crippen LogP contribution in [0.3, 0.4) is 0 Å². The number of nitrogens with two attached hydrogens (primary N) is 1.